The number of nitrogens with one attached hydrogen (secondary N) is 1. The summed E-state index contributed by atoms with van der Waals surface area (Å²) in [6.07, 6.45) is 8.28. The van der Waals surface area contributed by atoms with Crippen LogP contribution in [-0.2, 0) is 16.6 Å². The van der Waals surface area contributed by atoms with Gasteiger partial charge in [0, 0.05) is 29.4 Å². The highest BCUT2D eigenvalue weighted by molar-refractivity contribution is 7.90. The van der Waals surface area contributed by atoms with Crippen LogP contribution in [0.2, 0.25) is 0 Å². The van der Waals surface area contributed by atoms with E-state index in [2.05, 4.69) is 9.71 Å². The number of sulfonamides is 1. The predicted molar refractivity (Wildman–Crippen MR) is 90.2 cm³/mol. The summed E-state index contributed by atoms with van der Waals surface area (Å²) in [4.78, 5) is 5.37. The zero-order valence-electron chi connectivity index (χ0n) is 12.4. The highest BCUT2D eigenvalue weighted by atomic mass is 32.2. The molecular weight excluding hydrogens is 316 g/mol. The van der Waals surface area contributed by atoms with Gasteiger partial charge in [-0.1, -0.05) is 25.3 Å². The number of nitrogens with zero attached hydrogens (tertiary/aromatic N) is 1. The van der Waals surface area contributed by atoms with Crippen LogP contribution in [0.5, 0.6) is 0 Å². The van der Waals surface area contributed by atoms with Gasteiger partial charge in [-0.15, -0.1) is 11.3 Å². The first-order valence-corrected chi connectivity index (χ1v) is 10.0. The standard InChI is InChI=1S/C16H20N2O2S2/c19-22(20,15-5-2-1-3-6-15)18-11-13-9-14(12-17-10-13)16-7-4-8-21-16/h4,7-10,12,15,18H,1-3,5-6,11H2. The van der Waals surface area contributed by atoms with E-state index in [1.54, 1.807) is 17.5 Å². The van der Waals surface area contributed by atoms with Gasteiger partial charge in [-0.2, -0.15) is 0 Å². The Morgan fingerprint density at radius 2 is 2.05 bits per heavy atom. The minimum atomic E-state index is -3.22. The molecule has 0 atom stereocenters. The SMILES string of the molecule is O=S(=O)(NCc1cncc(-c2cccs2)c1)C1CCCCC1. The Kier molecular flexibility index (Phi) is 4.90. The smallest absolute Gasteiger partial charge is 0.214 e. The van der Waals surface area contributed by atoms with Crippen molar-refractivity contribution in [3.8, 4) is 10.4 Å². The Labute approximate surface area is 135 Å². The Bertz CT molecular complexity index is 706. The van der Waals surface area contributed by atoms with Crippen molar-refractivity contribution < 1.29 is 8.42 Å². The second-order valence-electron chi connectivity index (χ2n) is 5.69. The molecule has 1 N–H and O–H groups in total. The summed E-state index contributed by atoms with van der Waals surface area (Å²) in [6.45, 7) is 0.311. The Morgan fingerprint density at radius 3 is 2.77 bits per heavy atom. The Morgan fingerprint density at radius 1 is 1.23 bits per heavy atom. The summed E-state index contributed by atoms with van der Waals surface area (Å²) < 4.78 is 27.4. The molecular formula is C16H20N2O2S2. The zero-order valence-corrected chi connectivity index (χ0v) is 14.0. The topological polar surface area (TPSA) is 59.1 Å². The van der Waals surface area contributed by atoms with Crippen molar-refractivity contribution in [2.24, 2.45) is 0 Å². The number of hydrogen-bond donors (Lipinski definition) is 1. The molecule has 118 valence electrons. The van der Waals surface area contributed by atoms with Gasteiger partial charge in [0.15, 0.2) is 0 Å². The largest absolute Gasteiger partial charge is 0.264 e. The van der Waals surface area contributed by atoms with Crippen molar-refractivity contribution in [3.63, 3.8) is 0 Å². The molecule has 2 heterocycles. The van der Waals surface area contributed by atoms with E-state index in [0.29, 0.717) is 6.54 Å². The van der Waals surface area contributed by atoms with E-state index in [0.717, 1.165) is 48.1 Å². The van der Waals surface area contributed by atoms with Crippen LogP contribution in [0.25, 0.3) is 10.4 Å². The van der Waals surface area contributed by atoms with Crippen LogP contribution < -0.4 is 4.72 Å². The fraction of sp³-hybridized carbons (Fsp3) is 0.438. The van der Waals surface area contributed by atoms with Gasteiger partial charge in [0.05, 0.1) is 5.25 Å². The van der Waals surface area contributed by atoms with E-state index in [9.17, 15) is 8.42 Å². The average molecular weight is 336 g/mol. The maximum absolute atomic E-state index is 12.3. The fourth-order valence-electron chi connectivity index (χ4n) is 2.84. The summed E-state index contributed by atoms with van der Waals surface area (Å²) in [7, 11) is -3.22. The lowest BCUT2D eigenvalue weighted by Crippen LogP contribution is -2.35. The van der Waals surface area contributed by atoms with Crippen molar-refractivity contribution in [3.05, 3.63) is 41.5 Å². The summed E-state index contributed by atoms with van der Waals surface area (Å²) in [6, 6.07) is 6.04. The number of rotatable bonds is 5. The van der Waals surface area contributed by atoms with Crippen LogP contribution >= 0.6 is 11.3 Å². The fourth-order valence-corrected chi connectivity index (χ4v) is 5.11. The second kappa shape index (κ2) is 6.89. The molecule has 4 nitrogen and oxygen atoms in total. The van der Waals surface area contributed by atoms with E-state index in [4.69, 9.17) is 0 Å². The Balaban J connectivity index is 1.67. The summed E-state index contributed by atoms with van der Waals surface area (Å²) in [5.74, 6) is 0. The van der Waals surface area contributed by atoms with Crippen LogP contribution in [0.15, 0.2) is 36.0 Å². The first-order chi connectivity index (χ1) is 10.6. The van der Waals surface area contributed by atoms with Crippen molar-refractivity contribution in [1.82, 2.24) is 9.71 Å². The van der Waals surface area contributed by atoms with Crippen molar-refractivity contribution in [2.75, 3.05) is 0 Å². The van der Waals surface area contributed by atoms with Gasteiger partial charge < -0.3 is 0 Å². The van der Waals surface area contributed by atoms with Gasteiger partial charge >= 0.3 is 0 Å². The van der Waals surface area contributed by atoms with Crippen molar-refractivity contribution in [2.45, 2.75) is 43.9 Å². The molecule has 6 heteroatoms. The molecule has 0 bridgehead atoms. The van der Waals surface area contributed by atoms with Crippen LogP contribution in [0.3, 0.4) is 0 Å². The minimum absolute atomic E-state index is 0.227. The molecule has 2 aromatic rings. The van der Waals surface area contributed by atoms with Crippen LogP contribution in [0, 0.1) is 0 Å². The van der Waals surface area contributed by atoms with E-state index in [-0.39, 0.29) is 5.25 Å². The first kappa shape index (κ1) is 15.6. The van der Waals surface area contributed by atoms with E-state index < -0.39 is 10.0 Å². The molecule has 3 rings (SSSR count). The average Bonchev–Trinajstić information content (AvgIpc) is 3.09. The molecule has 1 saturated carbocycles. The zero-order chi connectivity index (χ0) is 15.4. The lowest BCUT2D eigenvalue weighted by atomic mass is 10.0. The van der Waals surface area contributed by atoms with E-state index in [1.807, 2.05) is 29.8 Å². The molecule has 1 fully saturated rings. The van der Waals surface area contributed by atoms with Crippen LogP contribution in [0.1, 0.15) is 37.7 Å². The monoisotopic (exact) mass is 336 g/mol. The van der Waals surface area contributed by atoms with E-state index >= 15 is 0 Å². The highest BCUT2D eigenvalue weighted by Crippen LogP contribution is 2.25. The van der Waals surface area contributed by atoms with Crippen molar-refractivity contribution in [1.29, 1.82) is 0 Å². The maximum Gasteiger partial charge on any atom is 0.214 e. The highest BCUT2D eigenvalue weighted by Gasteiger charge is 2.26. The third-order valence-corrected chi connectivity index (χ3v) is 6.88. The first-order valence-electron chi connectivity index (χ1n) is 7.61. The molecule has 22 heavy (non-hydrogen) atoms. The Hall–Kier alpha value is -1.24. The molecule has 0 radical (unpaired) electrons. The van der Waals surface area contributed by atoms with Gasteiger partial charge in [0.2, 0.25) is 10.0 Å². The summed E-state index contributed by atoms with van der Waals surface area (Å²) in [5.41, 5.74) is 1.93. The van der Waals surface area contributed by atoms with Crippen LogP contribution in [-0.4, -0.2) is 18.7 Å². The van der Waals surface area contributed by atoms with Gasteiger partial charge in [0.25, 0.3) is 0 Å². The molecule has 0 spiro atoms. The quantitative estimate of drug-likeness (QED) is 0.908. The lowest BCUT2D eigenvalue weighted by molar-refractivity contribution is 0.477. The summed E-state index contributed by atoms with van der Waals surface area (Å²) in [5, 5.41) is 1.79. The molecule has 0 aliphatic heterocycles. The second-order valence-corrected chi connectivity index (χ2v) is 8.68. The van der Waals surface area contributed by atoms with Crippen LogP contribution in [0.4, 0.5) is 0 Å². The van der Waals surface area contributed by atoms with Gasteiger partial charge in [-0.05, 0) is 35.9 Å². The third-order valence-electron chi connectivity index (χ3n) is 4.07. The maximum atomic E-state index is 12.3. The molecule has 0 saturated heterocycles. The molecule has 2 aromatic heterocycles. The number of pyridine rings is 1. The predicted octanol–water partition coefficient (Wildman–Crippen LogP) is 3.56. The minimum Gasteiger partial charge on any atom is -0.264 e. The number of thiophene rings is 1. The molecule has 0 amide bonds. The number of hydrogen-bond acceptors (Lipinski definition) is 4. The molecule has 1 aliphatic carbocycles. The van der Waals surface area contributed by atoms with E-state index in [1.165, 1.54) is 0 Å². The number of aromatic nitrogens is 1. The lowest BCUT2D eigenvalue weighted by Gasteiger charge is -2.22. The van der Waals surface area contributed by atoms with Gasteiger partial charge in [-0.25, -0.2) is 13.1 Å². The van der Waals surface area contributed by atoms with Gasteiger partial charge in [-0.3, -0.25) is 4.98 Å². The van der Waals surface area contributed by atoms with Gasteiger partial charge in [0.1, 0.15) is 0 Å². The summed E-state index contributed by atoms with van der Waals surface area (Å²) >= 11 is 1.65. The third kappa shape index (κ3) is 3.74. The molecule has 0 aromatic carbocycles. The molecule has 0 unspecified atom stereocenters. The van der Waals surface area contributed by atoms with Crippen molar-refractivity contribution >= 4 is 21.4 Å². The normalized spacial score (nSPS) is 16.7. The molecule has 1 aliphatic rings.